The van der Waals surface area contributed by atoms with E-state index in [0.29, 0.717) is 18.6 Å². The number of nitrogens with one attached hydrogen (secondary N) is 1. The van der Waals surface area contributed by atoms with Gasteiger partial charge in [-0.15, -0.1) is 0 Å². The van der Waals surface area contributed by atoms with Crippen LogP contribution in [0.15, 0.2) is 85.0 Å². The summed E-state index contributed by atoms with van der Waals surface area (Å²) in [5, 5.41) is 3.16. The zero-order valence-corrected chi connectivity index (χ0v) is 20.1. The summed E-state index contributed by atoms with van der Waals surface area (Å²) in [5.41, 5.74) is 2.10. The molecular formula is C29H36N4O. The maximum Gasteiger partial charge on any atom is 0.241 e. The van der Waals surface area contributed by atoms with E-state index in [4.69, 9.17) is 0 Å². The van der Waals surface area contributed by atoms with Crippen molar-refractivity contribution < 1.29 is 4.79 Å². The van der Waals surface area contributed by atoms with Gasteiger partial charge in [0.05, 0.1) is 6.67 Å². The van der Waals surface area contributed by atoms with Crippen LogP contribution >= 0.6 is 0 Å². The van der Waals surface area contributed by atoms with Gasteiger partial charge < -0.3 is 15.1 Å². The lowest BCUT2D eigenvalue weighted by atomic mass is 9.83. The van der Waals surface area contributed by atoms with E-state index in [2.05, 4.69) is 112 Å². The van der Waals surface area contributed by atoms with Crippen molar-refractivity contribution in [3.05, 3.63) is 85.0 Å². The van der Waals surface area contributed by atoms with E-state index in [-0.39, 0.29) is 11.4 Å². The summed E-state index contributed by atoms with van der Waals surface area (Å²) < 4.78 is 0. The molecule has 3 aliphatic rings. The van der Waals surface area contributed by atoms with E-state index >= 15 is 0 Å². The third kappa shape index (κ3) is 4.55. The number of hydrogen-bond acceptors (Lipinski definition) is 4. The van der Waals surface area contributed by atoms with Crippen molar-refractivity contribution in [2.45, 2.75) is 37.8 Å². The number of rotatable bonds is 7. The summed E-state index contributed by atoms with van der Waals surface area (Å²) in [4.78, 5) is 20.4. The minimum atomic E-state index is -0.356. The van der Waals surface area contributed by atoms with E-state index in [1.165, 1.54) is 11.4 Å². The molecule has 2 aliphatic heterocycles. The lowest BCUT2D eigenvalue weighted by Gasteiger charge is -2.46. The molecule has 2 heterocycles. The van der Waals surface area contributed by atoms with Gasteiger partial charge in [0.2, 0.25) is 5.91 Å². The Bertz CT molecular complexity index is 971. The number of carbonyl (C=O) groups excluding carboxylic acids is 1. The number of piperidine rings is 1. The molecule has 5 rings (SSSR count). The molecule has 2 aromatic carbocycles. The number of carbonyl (C=O) groups is 1. The summed E-state index contributed by atoms with van der Waals surface area (Å²) in [6, 6.07) is 21.6. The first-order valence-electron chi connectivity index (χ1n) is 12.7. The maximum atomic E-state index is 13.0. The van der Waals surface area contributed by atoms with Crippen LogP contribution in [0.25, 0.3) is 0 Å². The van der Waals surface area contributed by atoms with Crippen molar-refractivity contribution in [3.63, 3.8) is 0 Å². The Kier molecular flexibility index (Phi) is 6.84. The average molecular weight is 457 g/mol. The number of hydrogen-bond donors (Lipinski definition) is 1. The molecule has 1 N–H and O–H groups in total. The molecule has 34 heavy (non-hydrogen) atoms. The Labute approximate surface area is 203 Å². The van der Waals surface area contributed by atoms with Crippen LogP contribution in [-0.2, 0) is 4.79 Å². The Morgan fingerprint density at radius 1 is 0.941 bits per heavy atom. The number of allylic oxidation sites excluding steroid dienone is 2. The minimum Gasteiger partial charge on any atom is -0.342 e. The Morgan fingerprint density at radius 2 is 1.56 bits per heavy atom. The van der Waals surface area contributed by atoms with Crippen LogP contribution in [0.1, 0.15) is 26.2 Å². The van der Waals surface area contributed by atoms with E-state index in [1.807, 2.05) is 0 Å². The highest BCUT2D eigenvalue weighted by atomic mass is 16.2. The van der Waals surface area contributed by atoms with Crippen LogP contribution in [0, 0.1) is 5.92 Å². The molecule has 1 aliphatic carbocycles. The molecule has 5 heteroatoms. The summed E-state index contributed by atoms with van der Waals surface area (Å²) in [6.45, 7) is 6.88. The first kappa shape index (κ1) is 22.9. The molecule has 0 radical (unpaired) electrons. The van der Waals surface area contributed by atoms with E-state index < -0.39 is 0 Å². The largest absolute Gasteiger partial charge is 0.342 e. The number of amides is 1. The van der Waals surface area contributed by atoms with Crippen molar-refractivity contribution in [2.24, 2.45) is 5.92 Å². The minimum absolute atomic E-state index is 0.224. The van der Waals surface area contributed by atoms with Crippen molar-refractivity contribution in [1.82, 2.24) is 15.1 Å². The van der Waals surface area contributed by atoms with Gasteiger partial charge in [0, 0.05) is 37.1 Å². The summed E-state index contributed by atoms with van der Waals surface area (Å²) in [6.07, 6.45) is 11.7. The highest BCUT2D eigenvalue weighted by Gasteiger charge is 2.52. The van der Waals surface area contributed by atoms with Crippen LogP contribution < -0.4 is 10.2 Å². The topological polar surface area (TPSA) is 38.8 Å². The van der Waals surface area contributed by atoms with Crippen LogP contribution in [0.2, 0.25) is 0 Å². The molecule has 5 nitrogen and oxygen atoms in total. The van der Waals surface area contributed by atoms with E-state index in [9.17, 15) is 4.79 Å². The summed E-state index contributed by atoms with van der Waals surface area (Å²) >= 11 is 0. The highest BCUT2D eigenvalue weighted by Crippen LogP contribution is 2.37. The molecule has 1 spiro atoms. The monoisotopic (exact) mass is 456 g/mol. The Hall–Kier alpha value is -2.89. The predicted octanol–water partition coefficient (Wildman–Crippen LogP) is 4.57. The molecule has 2 unspecified atom stereocenters. The smallest absolute Gasteiger partial charge is 0.241 e. The quantitative estimate of drug-likeness (QED) is 0.663. The van der Waals surface area contributed by atoms with Gasteiger partial charge in [0.1, 0.15) is 5.54 Å². The number of anilines is 2. The fraction of sp³-hybridized carbons (Fsp3) is 0.414. The first-order chi connectivity index (χ1) is 16.7. The molecule has 178 valence electrons. The summed E-state index contributed by atoms with van der Waals surface area (Å²) in [5.74, 6) is 0.649. The van der Waals surface area contributed by atoms with Gasteiger partial charge in [0.25, 0.3) is 0 Å². The molecular weight excluding hydrogens is 420 g/mol. The lowest BCUT2D eigenvalue weighted by molar-refractivity contribution is -0.130. The van der Waals surface area contributed by atoms with Gasteiger partial charge in [-0.25, -0.2) is 0 Å². The molecule has 2 saturated heterocycles. The van der Waals surface area contributed by atoms with Crippen molar-refractivity contribution in [1.29, 1.82) is 0 Å². The van der Waals surface area contributed by atoms with Gasteiger partial charge in [-0.05, 0) is 56.0 Å². The van der Waals surface area contributed by atoms with Crippen molar-refractivity contribution in [3.8, 4) is 0 Å². The number of nitrogens with zero attached hydrogens (tertiary/aromatic N) is 3. The molecule has 2 aromatic rings. The normalized spacial score (nSPS) is 24.4. The van der Waals surface area contributed by atoms with Crippen molar-refractivity contribution >= 4 is 17.3 Å². The third-order valence-corrected chi connectivity index (χ3v) is 7.79. The zero-order valence-electron chi connectivity index (χ0n) is 20.1. The van der Waals surface area contributed by atoms with Gasteiger partial charge in [-0.3, -0.25) is 9.69 Å². The van der Waals surface area contributed by atoms with Gasteiger partial charge >= 0.3 is 0 Å². The van der Waals surface area contributed by atoms with Gasteiger partial charge in [-0.2, -0.15) is 0 Å². The Balaban J connectivity index is 1.19. The average Bonchev–Trinajstić information content (AvgIpc) is 3.19. The predicted molar refractivity (Wildman–Crippen MR) is 139 cm³/mol. The second kappa shape index (κ2) is 10.2. The first-order valence-corrected chi connectivity index (χ1v) is 12.7. The van der Waals surface area contributed by atoms with E-state index in [0.717, 1.165) is 45.4 Å². The van der Waals surface area contributed by atoms with Crippen LogP contribution in [-0.4, -0.2) is 60.1 Å². The maximum absolute atomic E-state index is 13.0. The van der Waals surface area contributed by atoms with Crippen molar-refractivity contribution in [2.75, 3.05) is 37.7 Å². The number of para-hydroxylation sites is 2. The molecule has 0 aromatic heterocycles. The number of likely N-dealkylation sites (tertiary alicyclic amines) is 1. The standard InChI is InChI=1S/C29H36N4O/c1-24-11-8-9-16-27(24)33-23-30-28(34)29(33)17-21-31(22-18-29)19-10-20-32(25-12-4-2-5-13-25)26-14-6-3-7-15-26/h2-9,11-16,24,27H,10,17-23H2,1H3,(H,30,34). The molecule has 2 fully saturated rings. The lowest BCUT2D eigenvalue weighted by Crippen LogP contribution is -2.59. The second-order valence-corrected chi connectivity index (χ2v) is 9.80. The fourth-order valence-electron chi connectivity index (χ4n) is 5.82. The molecule has 1 amide bonds. The van der Waals surface area contributed by atoms with Crippen LogP contribution in [0.3, 0.4) is 0 Å². The van der Waals surface area contributed by atoms with Crippen LogP contribution in [0.4, 0.5) is 11.4 Å². The zero-order chi connectivity index (χ0) is 23.4. The van der Waals surface area contributed by atoms with Gasteiger partial charge in [-0.1, -0.05) is 67.6 Å². The SMILES string of the molecule is CC1C=CC=CC1N1CNC(=O)C12CCN(CCCN(c1ccccc1)c1ccccc1)CC2. The summed E-state index contributed by atoms with van der Waals surface area (Å²) in [7, 11) is 0. The van der Waals surface area contributed by atoms with E-state index in [1.54, 1.807) is 0 Å². The molecule has 2 atom stereocenters. The molecule has 0 bridgehead atoms. The fourth-order valence-corrected chi connectivity index (χ4v) is 5.82. The van der Waals surface area contributed by atoms with Crippen LogP contribution in [0.5, 0.6) is 0 Å². The third-order valence-electron chi connectivity index (χ3n) is 7.79. The number of benzene rings is 2. The van der Waals surface area contributed by atoms with Gasteiger partial charge in [0.15, 0.2) is 0 Å². The Morgan fingerprint density at radius 3 is 2.18 bits per heavy atom. The molecule has 0 saturated carbocycles. The second-order valence-electron chi connectivity index (χ2n) is 9.80. The highest BCUT2D eigenvalue weighted by molar-refractivity contribution is 5.88.